The van der Waals surface area contributed by atoms with Crippen LogP contribution < -0.4 is 5.32 Å². The summed E-state index contributed by atoms with van der Waals surface area (Å²) in [6, 6.07) is 4.11. The number of nitrogens with one attached hydrogen (secondary N) is 1. The number of ether oxygens (including phenoxy) is 1. The number of rotatable bonds is 5. The van der Waals surface area contributed by atoms with Gasteiger partial charge in [0.1, 0.15) is 5.82 Å². The van der Waals surface area contributed by atoms with Gasteiger partial charge in [0.25, 0.3) is 0 Å². The summed E-state index contributed by atoms with van der Waals surface area (Å²) in [7, 11) is 1.86. The normalized spacial score (nSPS) is 19.3. The molecule has 0 bridgehead atoms. The van der Waals surface area contributed by atoms with E-state index in [1.165, 1.54) is 5.56 Å². The summed E-state index contributed by atoms with van der Waals surface area (Å²) in [6.07, 6.45) is 8.21. The molecule has 23 heavy (non-hydrogen) atoms. The van der Waals surface area contributed by atoms with E-state index in [1.807, 2.05) is 31.7 Å². The van der Waals surface area contributed by atoms with Gasteiger partial charge in [0.05, 0.1) is 25.1 Å². The number of hydrogen-bond donors (Lipinski definition) is 1. The van der Waals surface area contributed by atoms with Gasteiger partial charge in [-0.15, -0.1) is 0 Å². The highest BCUT2D eigenvalue weighted by atomic mass is 16.5. The zero-order valence-corrected chi connectivity index (χ0v) is 13.5. The standard InChI is InChI=1S/C17H23N5O/c1-18-17-10-20-9-16(21-17)7-15-12-22(5-6-23-13-15)11-14-3-2-4-19-8-14/h2-4,8-10,15H,5-7,11-13H2,1H3,(H,18,21)/t15-/m0/s1. The lowest BCUT2D eigenvalue weighted by molar-refractivity contribution is 0.121. The van der Waals surface area contributed by atoms with Crippen molar-refractivity contribution >= 4 is 5.82 Å². The van der Waals surface area contributed by atoms with Crippen LogP contribution in [0.5, 0.6) is 0 Å². The van der Waals surface area contributed by atoms with Crippen LogP contribution in [0.25, 0.3) is 0 Å². The third-order valence-electron chi connectivity index (χ3n) is 3.99. The fourth-order valence-electron chi connectivity index (χ4n) is 2.89. The molecule has 1 aliphatic heterocycles. The Morgan fingerprint density at radius 3 is 3.09 bits per heavy atom. The van der Waals surface area contributed by atoms with E-state index in [4.69, 9.17) is 4.74 Å². The van der Waals surface area contributed by atoms with Crippen molar-refractivity contribution in [3.63, 3.8) is 0 Å². The molecular formula is C17H23N5O. The van der Waals surface area contributed by atoms with E-state index in [2.05, 4.69) is 31.2 Å². The number of anilines is 1. The third kappa shape index (κ3) is 4.71. The Bertz CT molecular complexity index is 607. The summed E-state index contributed by atoms with van der Waals surface area (Å²) in [5.41, 5.74) is 2.25. The first-order valence-electron chi connectivity index (χ1n) is 8.01. The zero-order valence-electron chi connectivity index (χ0n) is 13.5. The van der Waals surface area contributed by atoms with Crippen molar-refractivity contribution in [2.45, 2.75) is 13.0 Å². The molecule has 1 atom stereocenters. The second-order valence-corrected chi connectivity index (χ2v) is 5.89. The molecular weight excluding hydrogens is 290 g/mol. The summed E-state index contributed by atoms with van der Waals surface area (Å²) >= 11 is 0. The summed E-state index contributed by atoms with van der Waals surface area (Å²) in [5, 5.41) is 3.04. The molecule has 1 saturated heterocycles. The maximum absolute atomic E-state index is 5.78. The van der Waals surface area contributed by atoms with Crippen LogP contribution in [0.2, 0.25) is 0 Å². The second-order valence-electron chi connectivity index (χ2n) is 5.89. The molecule has 6 nitrogen and oxygen atoms in total. The van der Waals surface area contributed by atoms with Crippen molar-refractivity contribution in [1.29, 1.82) is 0 Å². The Hall–Kier alpha value is -2.05. The molecule has 0 amide bonds. The third-order valence-corrected chi connectivity index (χ3v) is 3.99. The Kier molecular flexibility index (Phi) is 5.50. The highest BCUT2D eigenvalue weighted by Crippen LogP contribution is 2.15. The van der Waals surface area contributed by atoms with Gasteiger partial charge in [-0.05, 0) is 18.1 Å². The SMILES string of the molecule is CNc1cncc(C[C@@H]2COCCN(Cc3cccnc3)C2)n1. The van der Waals surface area contributed by atoms with E-state index >= 15 is 0 Å². The van der Waals surface area contributed by atoms with Crippen LogP contribution in [-0.2, 0) is 17.7 Å². The molecule has 2 aromatic heterocycles. The van der Waals surface area contributed by atoms with E-state index < -0.39 is 0 Å². The monoisotopic (exact) mass is 313 g/mol. The second kappa shape index (κ2) is 7.99. The molecule has 2 aromatic rings. The minimum Gasteiger partial charge on any atom is -0.380 e. The minimum atomic E-state index is 0.426. The highest BCUT2D eigenvalue weighted by Gasteiger charge is 2.20. The van der Waals surface area contributed by atoms with E-state index in [9.17, 15) is 0 Å². The maximum Gasteiger partial charge on any atom is 0.144 e. The fraction of sp³-hybridized carbons (Fsp3) is 0.471. The van der Waals surface area contributed by atoms with Crippen molar-refractivity contribution in [3.8, 4) is 0 Å². The Morgan fingerprint density at radius 2 is 2.26 bits per heavy atom. The smallest absolute Gasteiger partial charge is 0.144 e. The number of nitrogens with zero attached hydrogens (tertiary/aromatic N) is 4. The summed E-state index contributed by atoms with van der Waals surface area (Å²) in [5.74, 6) is 1.24. The van der Waals surface area contributed by atoms with Gasteiger partial charge in [-0.1, -0.05) is 6.07 Å². The zero-order chi connectivity index (χ0) is 15.9. The van der Waals surface area contributed by atoms with Crippen LogP contribution in [0.15, 0.2) is 36.9 Å². The van der Waals surface area contributed by atoms with Crippen molar-refractivity contribution < 1.29 is 4.74 Å². The summed E-state index contributed by atoms with van der Waals surface area (Å²) in [6.45, 7) is 4.41. The molecule has 0 aliphatic carbocycles. The van der Waals surface area contributed by atoms with Gasteiger partial charge in [-0.3, -0.25) is 14.9 Å². The van der Waals surface area contributed by atoms with Gasteiger partial charge < -0.3 is 10.1 Å². The summed E-state index contributed by atoms with van der Waals surface area (Å²) < 4.78 is 5.78. The molecule has 3 rings (SSSR count). The molecule has 0 spiro atoms. The first kappa shape index (κ1) is 15.8. The van der Waals surface area contributed by atoms with Crippen LogP contribution in [0.1, 0.15) is 11.3 Å². The van der Waals surface area contributed by atoms with E-state index in [1.54, 1.807) is 6.20 Å². The van der Waals surface area contributed by atoms with Crippen molar-refractivity contribution in [2.24, 2.45) is 5.92 Å². The molecule has 0 unspecified atom stereocenters. The van der Waals surface area contributed by atoms with Crippen molar-refractivity contribution in [2.75, 3.05) is 38.7 Å². The maximum atomic E-state index is 5.78. The summed E-state index contributed by atoms with van der Waals surface area (Å²) in [4.78, 5) is 15.4. The quantitative estimate of drug-likeness (QED) is 0.905. The Balaban J connectivity index is 1.62. The minimum absolute atomic E-state index is 0.426. The van der Waals surface area contributed by atoms with Crippen LogP contribution >= 0.6 is 0 Å². The molecule has 6 heteroatoms. The van der Waals surface area contributed by atoms with E-state index in [-0.39, 0.29) is 0 Å². The van der Waals surface area contributed by atoms with Gasteiger partial charge in [0, 0.05) is 51.2 Å². The Labute approximate surface area is 136 Å². The van der Waals surface area contributed by atoms with E-state index in [0.29, 0.717) is 5.92 Å². The number of aromatic nitrogens is 3. The fourth-order valence-corrected chi connectivity index (χ4v) is 2.89. The molecule has 122 valence electrons. The lowest BCUT2D eigenvalue weighted by atomic mass is 10.0. The lowest BCUT2D eigenvalue weighted by Gasteiger charge is -2.23. The van der Waals surface area contributed by atoms with Crippen molar-refractivity contribution in [1.82, 2.24) is 19.9 Å². The lowest BCUT2D eigenvalue weighted by Crippen LogP contribution is -2.30. The van der Waals surface area contributed by atoms with Crippen LogP contribution in [0.3, 0.4) is 0 Å². The highest BCUT2D eigenvalue weighted by molar-refractivity contribution is 5.30. The first-order valence-corrected chi connectivity index (χ1v) is 8.01. The van der Waals surface area contributed by atoms with E-state index in [0.717, 1.165) is 50.8 Å². The van der Waals surface area contributed by atoms with Crippen LogP contribution in [0.4, 0.5) is 5.82 Å². The molecule has 3 heterocycles. The van der Waals surface area contributed by atoms with Gasteiger partial charge in [-0.2, -0.15) is 0 Å². The van der Waals surface area contributed by atoms with Crippen molar-refractivity contribution in [3.05, 3.63) is 48.2 Å². The number of hydrogen-bond acceptors (Lipinski definition) is 6. The molecule has 1 N–H and O–H groups in total. The predicted molar refractivity (Wildman–Crippen MR) is 89.1 cm³/mol. The molecule has 0 aromatic carbocycles. The average molecular weight is 313 g/mol. The Morgan fingerprint density at radius 1 is 1.30 bits per heavy atom. The van der Waals surface area contributed by atoms with Gasteiger partial charge >= 0.3 is 0 Å². The predicted octanol–water partition coefficient (Wildman–Crippen LogP) is 1.60. The van der Waals surface area contributed by atoms with Gasteiger partial charge in [0.2, 0.25) is 0 Å². The molecule has 0 saturated carbocycles. The molecule has 1 fully saturated rings. The molecule has 0 radical (unpaired) electrons. The topological polar surface area (TPSA) is 63.2 Å². The largest absolute Gasteiger partial charge is 0.380 e. The van der Waals surface area contributed by atoms with Crippen LogP contribution in [-0.4, -0.2) is 53.2 Å². The van der Waals surface area contributed by atoms with Gasteiger partial charge in [0.15, 0.2) is 0 Å². The van der Waals surface area contributed by atoms with Gasteiger partial charge in [-0.25, -0.2) is 4.98 Å². The molecule has 1 aliphatic rings. The van der Waals surface area contributed by atoms with Crippen LogP contribution in [0, 0.1) is 5.92 Å². The average Bonchev–Trinajstić information content (AvgIpc) is 2.81. The first-order chi connectivity index (χ1) is 11.3. The number of pyridine rings is 1.